The van der Waals surface area contributed by atoms with Gasteiger partial charge in [0.1, 0.15) is 24.5 Å². The van der Waals surface area contributed by atoms with Crippen LogP contribution in [0.5, 0.6) is 5.75 Å². The van der Waals surface area contributed by atoms with E-state index in [-0.39, 0.29) is 25.1 Å². The van der Waals surface area contributed by atoms with Crippen LogP contribution in [-0.2, 0) is 9.59 Å². The number of benzene rings is 1. The third kappa shape index (κ3) is 8.45. The number of para-hydroxylation sites is 1. The van der Waals surface area contributed by atoms with Crippen molar-refractivity contribution in [3.05, 3.63) is 41.5 Å². The largest absolute Gasteiger partial charge is 0.486 e. The van der Waals surface area contributed by atoms with E-state index in [9.17, 15) is 27.9 Å². The number of ether oxygens (including phenoxy) is 1. The molecule has 1 aliphatic heterocycles. The molecule has 1 heterocycles. The number of amides is 2. The zero-order valence-electron chi connectivity index (χ0n) is 22.6. The van der Waals surface area contributed by atoms with Crippen LogP contribution in [0.1, 0.15) is 82.6 Å². The summed E-state index contributed by atoms with van der Waals surface area (Å²) in [5, 5.41) is 22.9. The maximum Gasteiger partial charge on any atom is 0.406 e. The summed E-state index contributed by atoms with van der Waals surface area (Å²) in [5.41, 5.74) is 0.741. The smallest absolute Gasteiger partial charge is 0.406 e. The minimum absolute atomic E-state index is 0.0485. The quantitative estimate of drug-likeness (QED) is 0.275. The highest BCUT2D eigenvalue weighted by atomic mass is 19.4. The van der Waals surface area contributed by atoms with Gasteiger partial charge in [0.25, 0.3) is 0 Å². The number of rotatable bonds is 15. The summed E-state index contributed by atoms with van der Waals surface area (Å²) in [6.45, 7) is 0.250. The van der Waals surface area contributed by atoms with Gasteiger partial charge < -0.3 is 25.2 Å². The summed E-state index contributed by atoms with van der Waals surface area (Å²) in [6.07, 6.45) is 2.98. The lowest BCUT2D eigenvalue weighted by molar-refractivity contribution is -0.170. The molecule has 2 amide bonds. The molecule has 10 heteroatoms. The number of fused-ring (bicyclic) bond motifs is 3. The van der Waals surface area contributed by atoms with E-state index >= 15 is 0 Å². The summed E-state index contributed by atoms with van der Waals surface area (Å²) in [6, 6.07) is 5.48. The maximum absolute atomic E-state index is 13.6. The summed E-state index contributed by atoms with van der Waals surface area (Å²) in [7, 11) is 0. The SMILES string of the molecule is CCCCCCCCCCCC(=O)N(CC(F)(F)F)[C@@H]1C=C(C(=O)NCCO)[C@@H]2c3ccccc3O[C@@H]2[C@H]1O. The number of nitrogens with zero attached hydrogens (tertiary/aromatic N) is 1. The third-order valence-electron chi connectivity index (χ3n) is 7.40. The number of halogens is 3. The predicted molar refractivity (Wildman–Crippen MR) is 141 cm³/mol. The molecule has 0 saturated heterocycles. The topological polar surface area (TPSA) is 99.1 Å². The van der Waals surface area contributed by atoms with Crippen molar-refractivity contribution in [2.75, 3.05) is 19.7 Å². The number of hydrogen-bond acceptors (Lipinski definition) is 5. The molecule has 0 spiro atoms. The van der Waals surface area contributed by atoms with Gasteiger partial charge >= 0.3 is 6.18 Å². The Morgan fingerprint density at radius 3 is 2.31 bits per heavy atom. The molecule has 4 atom stereocenters. The first-order chi connectivity index (χ1) is 18.7. The second kappa shape index (κ2) is 14.7. The molecule has 0 saturated carbocycles. The van der Waals surface area contributed by atoms with Gasteiger partial charge in [-0.25, -0.2) is 0 Å². The molecule has 7 nitrogen and oxygen atoms in total. The molecule has 39 heavy (non-hydrogen) atoms. The number of carbonyl (C=O) groups is 2. The Morgan fingerprint density at radius 1 is 1.03 bits per heavy atom. The van der Waals surface area contributed by atoms with Gasteiger partial charge in [0.15, 0.2) is 0 Å². The van der Waals surface area contributed by atoms with Gasteiger partial charge in [-0.15, -0.1) is 0 Å². The van der Waals surface area contributed by atoms with Crippen molar-refractivity contribution in [3.63, 3.8) is 0 Å². The number of hydrogen-bond donors (Lipinski definition) is 3. The average Bonchev–Trinajstić information content (AvgIpc) is 3.29. The van der Waals surface area contributed by atoms with E-state index in [1.165, 1.54) is 31.8 Å². The predicted octanol–water partition coefficient (Wildman–Crippen LogP) is 4.62. The Bertz CT molecular complexity index is 984. The van der Waals surface area contributed by atoms with Gasteiger partial charge in [0, 0.05) is 24.1 Å². The number of nitrogens with one attached hydrogen (secondary N) is 1. The molecule has 0 bridgehead atoms. The third-order valence-corrected chi connectivity index (χ3v) is 7.40. The van der Waals surface area contributed by atoms with Gasteiger partial charge in [0.2, 0.25) is 11.8 Å². The van der Waals surface area contributed by atoms with Crippen LogP contribution in [-0.4, -0.2) is 71.0 Å². The van der Waals surface area contributed by atoms with Crippen LogP contribution in [0, 0.1) is 0 Å². The second-order valence-corrected chi connectivity index (χ2v) is 10.4. The Kier molecular flexibility index (Phi) is 11.7. The molecule has 0 aromatic heterocycles. The highest BCUT2D eigenvalue weighted by Crippen LogP contribution is 2.47. The lowest BCUT2D eigenvalue weighted by atomic mass is 9.77. The first kappa shape index (κ1) is 30.9. The Morgan fingerprint density at radius 2 is 1.67 bits per heavy atom. The van der Waals surface area contributed by atoms with Crippen molar-refractivity contribution in [3.8, 4) is 5.75 Å². The van der Waals surface area contributed by atoms with Gasteiger partial charge in [0.05, 0.1) is 18.6 Å². The molecule has 2 aliphatic rings. The van der Waals surface area contributed by atoms with Gasteiger partial charge in [-0.1, -0.05) is 76.5 Å². The zero-order valence-corrected chi connectivity index (χ0v) is 22.6. The van der Waals surface area contributed by atoms with Crippen LogP contribution < -0.4 is 10.1 Å². The van der Waals surface area contributed by atoms with Crippen molar-refractivity contribution in [2.45, 2.75) is 101 Å². The molecule has 218 valence electrons. The molecule has 1 aliphatic carbocycles. The van der Waals surface area contributed by atoms with E-state index in [1.807, 2.05) is 0 Å². The van der Waals surface area contributed by atoms with Gasteiger partial charge in [-0.05, 0) is 18.6 Å². The summed E-state index contributed by atoms with van der Waals surface area (Å²) in [5.74, 6) is -1.60. The fraction of sp³-hybridized carbons (Fsp3) is 0.655. The molecule has 3 N–H and O–H groups in total. The van der Waals surface area contributed by atoms with E-state index in [4.69, 9.17) is 9.84 Å². The van der Waals surface area contributed by atoms with E-state index in [1.54, 1.807) is 24.3 Å². The number of aliphatic hydroxyl groups excluding tert-OH is 2. The lowest BCUT2D eigenvalue weighted by Crippen LogP contribution is -2.57. The summed E-state index contributed by atoms with van der Waals surface area (Å²) < 4.78 is 46.8. The first-order valence-corrected chi connectivity index (χ1v) is 14.1. The average molecular weight is 555 g/mol. The molecular weight excluding hydrogens is 513 g/mol. The second-order valence-electron chi connectivity index (χ2n) is 10.4. The van der Waals surface area contributed by atoms with Gasteiger partial charge in [-0.3, -0.25) is 9.59 Å². The number of carbonyl (C=O) groups excluding carboxylic acids is 2. The first-order valence-electron chi connectivity index (χ1n) is 14.1. The Labute approximate surface area is 228 Å². The zero-order chi connectivity index (χ0) is 28.4. The molecule has 1 aromatic rings. The van der Waals surface area contributed by atoms with Crippen LogP contribution in [0.3, 0.4) is 0 Å². The molecule has 3 rings (SSSR count). The molecule has 0 radical (unpaired) electrons. The maximum atomic E-state index is 13.6. The lowest BCUT2D eigenvalue weighted by Gasteiger charge is -2.41. The Hall–Kier alpha value is -2.59. The van der Waals surface area contributed by atoms with Crippen molar-refractivity contribution >= 4 is 11.8 Å². The van der Waals surface area contributed by atoms with E-state index in [0.717, 1.165) is 25.7 Å². The molecule has 0 unspecified atom stereocenters. The monoisotopic (exact) mass is 554 g/mol. The fourth-order valence-corrected chi connectivity index (χ4v) is 5.47. The highest BCUT2D eigenvalue weighted by molar-refractivity contribution is 5.96. The number of alkyl halides is 3. The van der Waals surface area contributed by atoms with Crippen LogP contribution in [0.15, 0.2) is 35.9 Å². The van der Waals surface area contributed by atoms with E-state index in [0.29, 0.717) is 22.6 Å². The van der Waals surface area contributed by atoms with E-state index in [2.05, 4.69) is 12.2 Å². The fourth-order valence-electron chi connectivity index (χ4n) is 5.47. The summed E-state index contributed by atoms with van der Waals surface area (Å²) in [4.78, 5) is 26.8. The van der Waals surface area contributed by atoms with Gasteiger partial charge in [-0.2, -0.15) is 13.2 Å². The minimum atomic E-state index is -4.70. The molecular formula is C29H41F3N2O5. The van der Waals surface area contributed by atoms with Crippen LogP contribution in [0.25, 0.3) is 0 Å². The Balaban J connectivity index is 1.76. The molecule has 0 fully saturated rings. The standard InChI is InChI=1S/C29H41F3N2O5/c1-2-3-4-5-6-7-8-9-10-15-24(36)34(19-29(30,31)32)22-18-21(28(38)33-16-17-35)25-20-13-11-12-14-23(20)39-27(25)26(22)37/h11-14,18,22,25-27,35,37H,2-10,15-17,19H2,1H3,(H,33,38)/t22-,25+,26+,27+/m1/s1. The van der Waals surface area contributed by atoms with E-state index < -0.39 is 48.7 Å². The molecule has 1 aromatic carbocycles. The van der Waals surface area contributed by atoms with Crippen molar-refractivity contribution in [2.24, 2.45) is 0 Å². The van der Waals surface area contributed by atoms with Crippen LogP contribution in [0.4, 0.5) is 13.2 Å². The van der Waals surface area contributed by atoms with Crippen LogP contribution >= 0.6 is 0 Å². The van der Waals surface area contributed by atoms with Crippen molar-refractivity contribution < 1.29 is 37.7 Å². The van der Waals surface area contributed by atoms with Crippen LogP contribution in [0.2, 0.25) is 0 Å². The van der Waals surface area contributed by atoms with Crippen molar-refractivity contribution in [1.29, 1.82) is 0 Å². The minimum Gasteiger partial charge on any atom is -0.486 e. The highest BCUT2D eigenvalue weighted by Gasteiger charge is 2.51. The number of unbranched alkanes of at least 4 members (excludes halogenated alkanes) is 8. The summed E-state index contributed by atoms with van der Waals surface area (Å²) >= 11 is 0. The van der Waals surface area contributed by atoms with Crippen molar-refractivity contribution in [1.82, 2.24) is 10.2 Å². The number of aliphatic hydroxyl groups is 2. The normalized spacial score (nSPS) is 21.9.